The van der Waals surface area contributed by atoms with E-state index in [-0.39, 0.29) is 6.03 Å². The Morgan fingerprint density at radius 2 is 2.24 bits per heavy atom. The average Bonchev–Trinajstić information content (AvgIpc) is 2.79. The number of amides is 2. The predicted octanol–water partition coefficient (Wildman–Crippen LogP) is 2.95. The highest BCUT2D eigenvalue weighted by molar-refractivity contribution is 7.19. The maximum atomic E-state index is 11.3. The lowest BCUT2D eigenvalue weighted by molar-refractivity contribution is 0.252. The molecule has 17 heavy (non-hydrogen) atoms. The highest BCUT2D eigenvalue weighted by atomic mass is 32.1. The molecule has 2 amide bonds. The van der Waals surface area contributed by atoms with Crippen molar-refractivity contribution >= 4 is 22.4 Å². The summed E-state index contributed by atoms with van der Waals surface area (Å²) in [6.45, 7) is 2.50. The molecule has 88 valence electrons. The minimum absolute atomic E-state index is 0.179. The van der Waals surface area contributed by atoms with Crippen molar-refractivity contribution < 1.29 is 4.79 Å². The predicted molar refractivity (Wildman–Crippen MR) is 70.2 cm³/mol. The van der Waals surface area contributed by atoms with Crippen LogP contribution in [0.1, 0.15) is 6.92 Å². The second-order valence-electron chi connectivity index (χ2n) is 3.36. The Hall–Kier alpha value is -1.88. The molecule has 0 saturated carbocycles. The van der Waals surface area contributed by atoms with Gasteiger partial charge in [0.2, 0.25) is 0 Å². The van der Waals surface area contributed by atoms with Crippen LogP contribution in [-0.4, -0.2) is 17.6 Å². The molecule has 0 aromatic carbocycles. The summed E-state index contributed by atoms with van der Waals surface area (Å²) >= 11 is 1.51. The SMILES string of the molecule is CCNC(=O)Nc1ccc(-c2ccccn2)s1. The van der Waals surface area contributed by atoms with Gasteiger partial charge in [0.25, 0.3) is 0 Å². The highest BCUT2D eigenvalue weighted by Crippen LogP contribution is 2.29. The summed E-state index contributed by atoms with van der Waals surface area (Å²) in [5.41, 5.74) is 0.918. The molecule has 2 heterocycles. The second-order valence-corrected chi connectivity index (χ2v) is 4.45. The number of carbonyl (C=O) groups is 1. The molecular formula is C12H13N3OS. The molecule has 0 aliphatic rings. The summed E-state index contributed by atoms with van der Waals surface area (Å²) in [5.74, 6) is 0. The van der Waals surface area contributed by atoms with Crippen molar-refractivity contribution in [1.82, 2.24) is 10.3 Å². The maximum Gasteiger partial charge on any atom is 0.319 e. The standard InChI is InChI=1S/C12H13N3OS/c1-2-13-12(16)15-11-7-6-10(17-11)9-5-3-4-8-14-9/h3-8H,2H2,1H3,(H2,13,15,16). The zero-order valence-corrected chi connectivity index (χ0v) is 10.3. The molecule has 0 radical (unpaired) electrons. The number of nitrogens with zero attached hydrogens (tertiary/aromatic N) is 1. The Morgan fingerprint density at radius 1 is 1.35 bits per heavy atom. The van der Waals surface area contributed by atoms with Gasteiger partial charge in [0.05, 0.1) is 15.6 Å². The number of nitrogens with one attached hydrogen (secondary N) is 2. The van der Waals surface area contributed by atoms with Crippen LogP contribution >= 0.6 is 11.3 Å². The van der Waals surface area contributed by atoms with Crippen LogP contribution in [0.3, 0.4) is 0 Å². The normalized spacial score (nSPS) is 9.94. The first-order valence-corrected chi connectivity index (χ1v) is 6.17. The molecule has 0 aliphatic carbocycles. The van der Waals surface area contributed by atoms with Gasteiger partial charge in [-0.25, -0.2) is 4.79 Å². The summed E-state index contributed by atoms with van der Waals surface area (Å²) < 4.78 is 0. The van der Waals surface area contributed by atoms with E-state index >= 15 is 0 Å². The number of anilines is 1. The van der Waals surface area contributed by atoms with E-state index in [0.717, 1.165) is 15.6 Å². The second kappa shape index (κ2) is 5.45. The van der Waals surface area contributed by atoms with Crippen LogP contribution in [0.15, 0.2) is 36.5 Å². The van der Waals surface area contributed by atoms with Crippen molar-refractivity contribution in [2.24, 2.45) is 0 Å². The van der Waals surface area contributed by atoms with Gasteiger partial charge in [-0.3, -0.25) is 10.3 Å². The molecule has 4 nitrogen and oxygen atoms in total. The molecule has 0 spiro atoms. The van der Waals surface area contributed by atoms with Gasteiger partial charge in [-0.1, -0.05) is 6.07 Å². The number of carbonyl (C=O) groups excluding carboxylic acids is 1. The highest BCUT2D eigenvalue weighted by Gasteiger charge is 2.05. The smallest absolute Gasteiger partial charge is 0.319 e. The maximum absolute atomic E-state index is 11.3. The zero-order chi connectivity index (χ0) is 12.1. The molecular weight excluding hydrogens is 234 g/mol. The fourth-order valence-corrected chi connectivity index (χ4v) is 2.25. The Bertz CT molecular complexity index is 495. The topological polar surface area (TPSA) is 54.0 Å². The molecule has 0 bridgehead atoms. The number of hydrogen-bond donors (Lipinski definition) is 2. The monoisotopic (exact) mass is 247 g/mol. The first-order valence-electron chi connectivity index (χ1n) is 5.35. The molecule has 5 heteroatoms. The van der Waals surface area contributed by atoms with Crippen LogP contribution in [-0.2, 0) is 0 Å². The van der Waals surface area contributed by atoms with Gasteiger partial charge >= 0.3 is 6.03 Å². The first-order chi connectivity index (χ1) is 8.29. The summed E-state index contributed by atoms with van der Waals surface area (Å²) in [4.78, 5) is 16.6. The Kier molecular flexibility index (Phi) is 3.72. The fraction of sp³-hybridized carbons (Fsp3) is 0.167. The van der Waals surface area contributed by atoms with E-state index in [2.05, 4.69) is 15.6 Å². The molecule has 0 saturated heterocycles. The minimum atomic E-state index is -0.179. The van der Waals surface area contributed by atoms with Gasteiger partial charge in [-0.05, 0) is 31.2 Å². The number of aromatic nitrogens is 1. The van der Waals surface area contributed by atoms with Gasteiger partial charge in [0.1, 0.15) is 0 Å². The molecule has 0 aliphatic heterocycles. The average molecular weight is 247 g/mol. The van der Waals surface area contributed by atoms with Crippen molar-refractivity contribution in [3.05, 3.63) is 36.5 Å². The van der Waals surface area contributed by atoms with Gasteiger partial charge in [-0.2, -0.15) is 0 Å². The number of rotatable bonds is 3. The van der Waals surface area contributed by atoms with Crippen LogP contribution < -0.4 is 10.6 Å². The Labute approximate surface area is 104 Å². The van der Waals surface area contributed by atoms with Gasteiger partial charge in [-0.15, -0.1) is 11.3 Å². The zero-order valence-electron chi connectivity index (χ0n) is 9.43. The molecule has 2 aromatic heterocycles. The van der Waals surface area contributed by atoms with Crippen molar-refractivity contribution in [3.63, 3.8) is 0 Å². The summed E-state index contributed by atoms with van der Waals surface area (Å²) in [6, 6.07) is 9.42. The van der Waals surface area contributed by atoms with Crippen molar-refractivity contribution in [1.29, 1.82) is 0 Å². The van der Waals surface area contributed by atoms with Crippen molar-refractivity contribution in [2.75, 3.05) is 11.9 Å². The lowest BCUT2D eigenvalue weighted by Gasteiger charge is -2.01. The van der Waals surface area contributed by atoms with Gasteiger partial charge < -0.3 is 5.32 Å². The largest absolute Gasteiger partial charge is 0.338 e. The lowest BCUT2D eigenvalue weighted by atomic mass is 10.3. The molecule has 0 unspecified atom stereocenters. The van der Waals surface area contributed by atoms with E-state index in [0.29, 0.717) is 6.54 Å². The number of pyridine rings is 1. The van der Waals surface area contributed by atoms with Crippen LogP contribution in [0, 0.1) is 0 Å². The molecule has 2 N–H and O–H groups in total. The quantitative estimate of drug-likeness (QED) is 0.876. The molecule has 2 aromatic rings. The van der Waals surface area contributed by atoms with Crippen molar-refractivity contribution in [2.45, 2.75) is 6.92 Å². The number of thiophene rings is 1. The van der Waals surface area contributed by atoms with Gasteiger partial charge in [0, 0.05) is 12.7 Å². The summed E-state index contributed by atoms with van der Waals surface area (Å²) in [5, 5.41) is 6.27. The van der Waals surface area contributed by atoms with E-state index in [1.165, 1.54) is 11.3 Å². The Balaban J connectivity index is 2.09. The third-order valence-electron chi connectivity index (χ3n) is 2.10. The van der Waals surface area contributed by atoms with Gasteiger partial charge in [0.15, 0.2) is 0 Å². The van der Waals surface area contributed by atoms with Crippen LogP contribution in [0.5, 0.6) is 0 Å². The molecule has 0 fully saturated rings. The van der Waals surface area contributed by atoms with Crippen LogP contribution in [0.25, 0.3) is 10.6 Å². The number of hydrogen-bond acceptors (Lipinski definition) is 3. The minimum Gasteiger partial charge on any atom is -0.338 e. The third kappa shape index (κ3) is 3.04. The van der Waals surface area contributed by atoms with E-state index in [1.54, 1.807) is 6.20 Å². The van der Waals surface area contributed by atoms with E-state index in [4.69, 9.17) is 0 Å². The first kappa shape index (κ1) is 11.6. The Morgan fingerprint density at radius 3 is 2.94 bits per heavy atom. The number of urea groups is 1. The van der Waals surface area contributed by atoms with E-state index in [1.807, 2.05) is 37.3 Å². The van der Waals surface area contributed by atoms with E-state index < -0.39 is 0 Å². The molecule has 2 rings (SSSR count). The summed E-state index contributed by atoms with van der Waals surface area (Å²) in [7, 11) is 0. The van der Waals surface area contributed by atoms with Crippen LogP contribution in [0.2, 0.25) is 0 Å². The fourth-order valence-electron chi connectivity index (χ4n) is 1.37. The lowest BCUT2D eigenvalue weighted by Crippen LogP contribution is -2.27. The third-order valence-corrected chi connectivity index (χ3v) is 3.12. The van der Waals surface area contributed by atoms with E-state index in [9.17, 15) is 4.79 Å². The van der Waals surface area contributed by atoms with Crippen molar-refractivity contribution in [3.8, 4) is 10.6 Å². The van der Waals surface area contributed by atoms with Crippen LogP contribution in [0.4, 0.5) is 9.80 Å². The molecule has 0 atom stereocenters. The summed E-state index contributed by atoms with van der Waals surface area (Å²) in [6.07, 6.45) is 1.76.